The van der Waals surface area contributed by atoms with Crippen LogP contribution >= 0.6 is 0 Å². The van der Waals surface area contributed by atoms with E-state index in [1.807, 2.05) is 37.3 Å². The molecule has 2 N–H and O–H groups in total. The van der Waals surface area contributed by atoms with Gasteiger partial charge in [-0.05, 0) is 24.3 Å². The van der Waals surface area contributed by atoms with Gasteiger partial charge in [-0.2, -0.15) is 4.98 Å². The van der Waals surface area contributed by atoms with E-state index in [0.717, 1.165) is 5.56 Å². The second-order valence-electron chi connectivity index (χ2n) is 4.27. The first-order valence-corrected chi connectivity index (χ1v) is 6.53. The summed E-state index contributed by atoms with van der Waals surface area (Å²) >= 11 is 0. The highest BCUT2D eigenvalue weighted by molar-refractivity contribution is 5.54. The maximum Gasteiger partial charge on any atom is 0.239 e. The van der Waals surface area contributed by atoms with Crippen molar-refractivity contribution < 1.29 is 4.74 Å². The van der Waals surface area contributed by atoms with Crippen LogP contribution in [-0.4, -0.2) is 31.8 Å². The zero-order valence-electron chi connectivity index (χ0n) is 11.5. The molecule has 0 atom stereocenters. The van der Waals surface area contributed by atoms with E-state index in [0.29, 0.717) is 29.8 Å². The summed E-state index contributed by atoms with van der Waals surface area (Å²) in [7, 11) is 0. The minimum atomic E-state index is 0.369. The molecule has 3 aromatic rings. The molecule has 21 heavy (non-hydrogen) atoms. The van der Waals surface area contributed by atoms with Crippen LogP contribution in [0.2, 0.25) is 0 Å². The Morgan fingerprint density at radius 3 is 2.71 bits per heavy atom. The maximum absolute atomic E-state index is 5.80. The first kappa shape index (κ1) is 13.0. The number of nitrogens with two attached hydrogens (primary N) is 1. The summed E-state index contributed by atoms with van der Waals surface area (Å²) < 4.78 is 5.36. The second-order valence-corrected chi connectivity index (χ2v) is 4.27. The van der Waals surface area contributed by atoms with E-state index in [9.17, 15) is 0 Å². The van der Waals surface area contributed by atoms with E-state index in [1.165, 1.54) is 4.80 Å². The lowest BCUT2D eigenvalue weighted by atomic mass is 10.2. The van der Waals surface area contributed by atoms with Gasteiger partial charge in [0, 0.05) is 5.56 Å². The number of hydrogen-bond acceptors (Lipinski definition) is 6. The van der Waals surface area contributed by atoms with Gasteiger partial charge in [0.2, 0.25) is 11.7 Å². The van der Waals surface area contributed by atoms with E-state index >= 15 is 0 Å². The zero-order chi connectivity index (χ0) is 14.7. The number of ether oxygens (including phenoxy) is 1. The molecule has 2 heterocycles. The Morgan fingerprint density at radius 1 is 1.14 bits per heavy atom. The first-order valence-electron chi connectivity index (χ1n) is 6.53. The summed E-state index contributed by atoms with van der Waals surface area (Å²) in [5, 5.41) is 12.4. The van der Waals surface area contributed by atoms with E-state index in [2.05, 4.69) is 20.4 Å². The molecule has 0 bridgehead atoms. The van der Waals surface area contributed by atoms with Crippen LogP contribution in [0.3, 0.4) is 0 Å². The lowest BCUT2D eigenvalue weighted by Gasteiger charge is -2.06. The van der Waals surface area contributed by atoms with Crippen molar-refractivity contribution in [1.82, 2.24) is 25.2 Å². The summed E-state index contributed by atoms with van der Waals surface area (Å²) in [5.41, 5.74) is 7.17. The highest BCUT2D eigenvalue weighted by Gasteiger charge is 2.10. The molecule has 7 heteroatoms. The fraction of sp³-hybridized carbons (Fsp3) is 0.143. The monoisotopic (exact) mass is 282 g/mol. The quantitative estimate of drug-likeness (QED) is 0.783. The first-order chi connectivity index (χ1) is 10.3. The van der Waals surface area contributed by atoms with Gasteiger partial charge in [-0.3, -0.25) is 0 Å². The van der Waals surface area contributed by atoms with Crippen molar-refractivity contribution >= 4 is 5.69 Å². The molecule has 0 amide bonds. The molecule has 0 aliphatic rings. The zero-order valence-corrected chi connectivity index (χ0v) is 11.5. The molecule has 0 saturated heterocycles. The molecule has 0 unspecified atom stereocenters. The molecule has 3 rings (SSSR count). The minimum Gasteiger partial charge on any atom is -0.476 e. The number of anilines is 1. The Morgan fingerprint density at radius 2 is 1.95 bits per heavy atom. The second kappa shape index (κ2) is 5.58. The smallest absolute Gasteiger partial charge is 0.239 e. The maximum atomic E-state index is 5.80. The predicted molar refractivity (Wildman–Crippen MR) is 78.0 cm³/mol. The van der Waals surface area contributed by atoms with Gasteiger partial charge in [0.1, 0.15) is 0 Å². The van der Waals surface area contributed by atoms with Crippen molar-refractivity contribution in [2.24, 2.45) is 0 Å². The Kier molecular flexibility index (Phi) is 3.46. The fourth-order valence-electron chi connectivity index (χ4n) is 1.82. The molecule has 0 saturated carbocycles. The van der Waals surface area contributed by atoms with Crippen LogP contribution in [0.1, 0.15) is 6.92 Å². The van der Waals surface area contributed by atoms with Gasteiger partial charge in [-0.1, -0.05) is 30.3 Å². The van der Waals surface area contributed by atoms with E-state index in [4.69, 9.17) is 10.5 Å². The molecular formula is C14H14N6O. The Bertz CT molecular complexity index is 740. The van der Waals surface area contributed by atoms with Gasteiger partial charge in [-0.25, -0.2) is 0 Å². The van der Waals surface area contributed by atoms with Crippen LogP contribution in [0, 0.1) is 0 Å². The number of benzene rings is 1. The van der Waals surface area contributed by atoms with Crippen molar-refractivity contribution in [1.29, 1.82) is 0 Å². The molecule has 106 valence electrons. The van der Waals surface area contributed by atoms with Gasteiger partial charge < -0.3 is 10.5 Å². The van der Waals surface area contributed by atoms with E-state index in [1.54, 1.807) is 12.1 Å². The van der Waals surface area contributed by atoms with Gasteiger partial charge in [0.25, 0.3) is 0 Å². The van der Waals surface area contributed by atoms with Crippen LogP contribution < -0.4 is 10.5 Å². The highest BCUT2D eigenvalue weighted by Crippen LogP contribution is 2.20. The number of rotatable bonds is 4. The predicted octanol–water partition coefficient (Wildman–Crippen LogP) is 1.71. The molecule has 1 aromatic carbocycles. The van der Waals surface area contributed by atoms with Gasteiger partial charge in [-0.15, -0.1) is 15.0 Å². The number of aromatic nitrogens is 5. The molecule has 0 aliphatic carbocycles. The lowest BCUT2D eigenvalue weighted by Crippen LogP contribution is -2.06. The van der Waals surface area contributed by atoms with Crippen LogP contribution in [0.15, 0.2) is 42.5 Å². The van der Waals surface area contributed by atoms with Crippen molar-refractivity contribution in [3.63, 3.8) is 0 Å². The topological polar surface area (TPSA) is 91.7 Å². The summed E-state index contributed by atoms with van der Waals surface area (Å²) in [6.07, 6.45) is 0. The Labute approximate surface area is 121 Å². The Hall–Kier alpha value is -2.96. The third-order valence-electron chi connectivity index (χ3n) is 2.81. The summed E-state index contributed by atoms with van der Waals surface area (Å²) in [6, 6.07) is 13.0. The average molecular weight is 282 g/mol. The summed E-state index contributed by atoms with van der Waals surface area (Å²) in [5.74, 6) is 1.41. The number of tetrazole rings is 1. The Balaban J connectivity index is 1.95. The summed E-state index contributed by atoms with van der Waals surface area (Å²) in [6.45, 7) is 2.36. The van der Waals surface area contributed by atoms with Crippen molar-refractivity contribution in [3.8, 4) is 23.1 Å². The molecule has 7 nitrogen and oxygen atoms in total. The van der Waals surface area contributed by atoms with E-state index < -0.39 is 0 Å². The average Bonchev–Trinajstić information content (AvgIpc) is 3.00. The molecule has 0 spiro atoms. The largest absolute Gasteiger partial charge is 0.476 e. The van der Waals surface area contributed by atoms with E-state index in [-0.39, 0.29) is 0 Å². The third-order valence-corrected chi connectivity index (χ3v) is 2.81. The number of pyridine rings is 1. The van der Waals surface area contributed by atoms with Crippen LogP contribution in [0.5, 0.6) is 5.88 Å². The van der Waals surface area contributed by atoms with Crippen LogP contribution in [0.25, 0.3) is 17.2 Å². The van der Waals surface area contributed by atoms with Crippen molar-refractivity contribution in [2.45, 2.75) is 6.92 Å². The molecular weight excluding hydrogens is 268 g/mol. The van der Waals surface area contributed by atoms with Crippen LogP contribution in [-0.2, 0) is 0 Å². The number of hydrogen-bond donors (Lipinski definition) is 1. The van der Waals surface area contributed by atoms with Crippen molar-refractivity contribution in [3.05, 3.63) is 42.5 Å². The normalized spacial score (nSPS) is 10.5. The molecule has 0 aliphatic heterocycles. The van der Waals surface area contributed by atoms with Gasteiger partial charge >= 0.3 is 0 Å². The molecule has 0 radical (unpaired) electrons. The van der Waals surface area contributed by atoms with Crippen LogP contribution in [0.4, 0.5) is 5.69 Å². The minimum absolute atomic E-state index is 0.369. The van der Waals surface area contributed by atoms with Gasteiger partial charge in [0.15, 0.2) is 5.82 Å². The number of nitrogens with zero attached hydrogens (tertiary/aromatic N) is 5. The fourth-order valence-corrected chi connectivity index (χ4v) is 1.82. The standard InChI is InChI=1S/C14H14N6O/c1-2-21-14-11(15)8-9-12(16-14)20-18-13(17-19-20)10-6-4-3-5-7-10/h3-9H,2,15H2,1H3. The van der Waals surface area contributed by atoms with Crippen molar-refractivity contribution in [2.75, 3.05) is 12.3 Å². The lowest BCUT2D eigenvalue weighted by molar-refractivity contribution is 0.328. The highest BCUT2D eigenvalue weighted by atomic mass is 16.5. The third kappa shape index (κ3) is 2.66. The SMILES string of the molecule is CCOc1nc(-n2nnc(-c3ccccc3)n2)ccc1N. The number of nitrogen functional groups attached to an aromatic ring is 1. The van der Waals surface area contributed by atoms with Gasteiger partial charge in [0.05, 0.1) is 12.3 Å². The molecule has 2 aromatic heterocycles. The molecule has 0 fully saturated rings. The summed E-state index contributed by atoms with van der Waals surface area (Å²) in [4.78, 5) is 5.64.